The minimum absolute atomic E-state index is 0. The van der Waals surface area contributed by atoms with Crippen LogP contribution >= 0.6 is 0 Å². The van der Waals surface area contributed by atoms with Gasteiger partial charge in [0.2, 0.25) is 0 Å². The Morgan fingerprint density at radius 3 is 1.36 bits per heavy atom. The van der Waals surface area contributed by atoms with Gasteiger partial charge in [-0.25, -0.2) is 0 Å². The van der Waals surface area contributed by atoms with Crippen LogP contribution < -0.4 is 10.6 Å². The average molecular weight is 447 g/mol. The molecule has 0 spiro atoms. The van der Waals surface area contributed by atoms with Gasteiger partial charge in [0.05, 0.1) is 13.1 Å². The molecule has 0 atom stereocenters. The minimum atomic E-state index is -5.12. The Balaban J connectivity index is 0.000000627. The summed E-state index contributed by atoms with van der Waals surface area (Å²) in [5.74, 6) is 1.84. The van der Waals surface area contributed by atoms with Crippen molar-refractivity contribution >= 4 is 32.5 Å². The van der Waals surface area contributed by atoms with E-state index in [0.29, 0.717) is 0 Å². The standard InChI is InChI=1S/C12H22N6.H2O7S2.H2O/c1-11(2,9-13-5-6-14-9)17-18-12(3,4)10-15-7-8-16-10;1-8(2,3)7-9(4,5)6;/h5-8H2,1-4H3,(H,13,14)(H,15,16);(H,1,2,3)(H,4,5,6);1H2/b18-17+;;. The quantitative estimate of drug-likeness (QED) is 0.283. The summed E-state index contributed by atoms with van der Waals surface area (Å²) in [6.45, 7) is 11.5. The molecule has 2 rings (SSSR count). The lowest BCUT2D eigenvalue weighted by atomic mass is 10.0. The molecule has 2 aliphatic heterocycles. The second-order valence-electron chi connectivity index (χ2n) is 6.56. The summed E-state index contributed by atoms with van der Waals surface area (Å²) < 4.78 is 55.6. The highest BCUT2D eigenvalue weighted by atomic mass is 32.3. The molecule has 0 aliphatic carbocycles. The topological polar surface area (TPSA) is 223 Å². The highest BCUT2D eigenvalue weighted by Crippen LogP contribution is 2.19. The van der Waals surface area contributed by atoms with Gasteiger partial charge in [0.1, 0.15) is 22.7 Å². The summed E-state index contributed by atoms with van der Waals surface area (Å²) in [7, 11) is -10.2. The van der Waals surface area contributed by atoms with Gasteiger partial charge in [-0.1, -0.05) is 0 Å². The van der Waals surface area contributed by atoms with Crippen LogP contribution in [0.15, 0.2) is 20.2 Å². The van der Waals surface area contributed by atoms with Crippen molar-refractivity contribution in [1.82, 2.24) is 10.6 Å². The number of hydrogen-bond donors (Lipinski definition) is 4. The molecule has 0 radical (unpaired) electrons. The maximum Gasteiger partial charge on any atom is 0.413 e. The van der Waals surface area contributed by atoms with E-state index < -0.39 is 31.9 Å². The SMILES string of the molecule is CC(C)(/N=N/C(C)(C)C1=NCCN1)C1=NCCN1.O.O=S(=O)(O)OS(=O)(=O)O. The van der Waals surface area contributed by atoms with Gasteiger partial charge in [-0.15, -0.1) is 3.63 Å². The molecule has 0 bridgehead atoms. The van der Waals surface area contributed by atoms with Crippen LogP contribution in [-0.2, 0) is 24.4 Å². The molecule has 0 aromatic rings. The zero-order chi connectivity index (χ0) is 20.9. The molecule has 0 saturated carbocycles. The zero-order valence-corrected chi connectivity index (χ0v) is 17.5. The Labute approximate surface area is 163 Å². The van der Waals surface area contributed by atoms with Crippen LogP contribution in [0.3, 0.4) is 0 Å². The van der Waals surface area contributed by atoms with Crippen LogP contribution in [-0.4, -0.2) is 80.3 Å². The second-order valence-corrected chi connectivity index (χ2v) is 8.81. The van der Waals surface area contributed by atoms with Gasteiger partial charge in [0, 0.05) is 13.1 Å². The molecule has 164 valence electrons. The molecule has 0 fully saturated rings. The Morgan fingerprint density at radius 1 is 0.857 bits per heavy atom. The molecule has 0 saturated heterocycles. The van der Waals surface area contributed by atoms with E-state index in [1.54, 1.807) is 0 Å². The van der Waals surface area contributed by atoms with Crippen LogP contribution in [0.2, 0.25) is 0 Å². The molecule has 0 aromatic heterocycles. The molecule has 6 N–H and O–H groups in total. The molecular formula is C12H26N6O8S2. The van der Waals surface area contributed by atoms with Crippen LogP contribution in [0.25, 0.3) is 0 Å². The largest absolute Gasteiger partial charge is 0.413 e. The van der Waals surface area contributed by atoms with Gasteiger partial charge in [-0.3, -0.25) is 19.1 Å². The highest BCUT2D eigenvalue weighted by Gasteiger charge is 2.31. The van der Waals surface area contributed by atoms with Gasteiger partial charge in [-0.2, -0.15) is 27.1 Å². The summed E-state index contributed by atoms with van der Waals surface area (Å²) in [6, 6.07) is 0. The van der Waals surface area contributed by atoms with Crippen molar-refractivity contribution in [3.8, 4) is 0 Å². The maximum atomic E-state index is 9.44. The first-order chi connectivity index (χ1) is 12.1. The van der Waals surface area contributed by atoms with Crippen molar-refractivity contribution in [2.24, 2.45) is 20.2 Å². The number of rotatable bonds is 6. The number of amidine groups is 2. The van der Waals surface area contributed by atoms with E-state index in [1.165, 1.54) is 0 Å². The molecule has 2 aliphatic rings. The third-order valence-corrected chi connectivity index (χ3v) is 4.61. The fraction of sp³-hybridized carbons (Fsp3) is 0.833. The molecule has 0 aromatic carbocycles. The van der Waals surface area contributed by atoms with E-state index >= 15 is 0 Å². The van der Waals surface area contributed by atoms with Gasteiger partial charge >= 0.3 is 20.8 Å². The molecule has 0 amide bonds. The smallest absolute Gasteiger partial charge is 0.412 e. The maximum absolute atomic E-state index is 9.44. The normalized spacial score (nSPS) is 17.6. The Hall–Kier alpha value is -1.72. The third-order valence-electron chi connectivity index (χ3n) is 3.23. The number of hydrogen-bond acceptors (Lipinski definition) is 11. The van der Waals surface area contributed by atoms with Crippen LogP contribution in [0.1, 0.15) is 27.7 Å². The molecule has 28 heavy (non-hydrogen) atoms. The van der Waals surface area contributed by atoms with Crippen LogP contribution in [0.5, 0.6) is 0 Å². The van der Waals surface area contributed by atoms with E-state index in [4.69, 9.17) is 9.11 Å². The summed E-state index contributed by atoms with van der Waals surface area (Å²) in [6.07, 6.45) is 0. The van der Waals surface area contributed by atoms with Gasteiger partial charge in [0.15, 0.2) is 0 Å². The fourth-order valence-corrected chi connectivity index (χ4v) is 2.94. The lowest BCUT2D eigenvalue weighted by molar-refractivity contribution is 0.344. The fourth-order valence-electron chi connectivity index (χ4n) is 2.07. The lowest BCUT2D eigenvalue weighted by Crippen LogP contribution is -2.41. The summed E-state index contributed by atoms with van der Waals surface area (Å²) in [5.41, 5.74) is -0.792. The number of nitrogens with one attached hydrogen (secondary N) is 2. The number of nitrogens with zero attached hydrogens (tertiary/aromatic N) is 4. The van der Waals surface area contributed by atoms with Gasteiger partial charge < -0.3 is 16.1 Å². The molecule has 2 heterocycles. The first-order valence-electron chi connectivity index (χ1n) is 7.80. The summed E-state index contributed by atoms with van der Waals surface area (Å²) >= 11 is 0. The van der Waals surface area contributed by atoms with Crippen LogP contribution in [0.4, 0.5) is 0 Å². The van der Waals surface area contributed by atoms with E-state index in [1.807, 2.05) is 27.7 Å². The number of azo groups is 1. The summed E-state index contributed by atoms with van der Waals surface area (Å²) in [5, 5.41) is 15.4. The monoisotopic (exact) mass is 446 g/mol. The predicted molar refractivity (Wildman–Crippen MR) is 101 cm³/mol. The van der Waals surface area contributed by atoms with E-state index in [2.05, 4.69) is 34.5 Å². The predicted octanol–water partition coefficient (Wildman–Crippen LogP) is -1.22. The highest BCUT2D eigenvalue weighted by molar-refractivity contribution is 7.94. The van der Waals surface area contributed by atoms with E-state index in [-0.39, 0.29) is 5.48 Å². The Morgan fingerprint density at radius 2 is 1.18 bits per heavy atom. The van der Waals surface area contributed by atoms with Crippen molar-refractivity contribution in [2.75, 3.05) is 26.2 Å². The van der Waals surface area contributed by atoms with Crippen molar-refractivity contribution < 1.29 is 35.0 Å². The summed E-state index contributed by atoms with van der Waals surface area (Å²) in [4.78, 5) is 8.82. The van der Waals surface area contributed by atoms with E-state index in [9.17, 15) is 16.8 Å². The van der Waals surface area contributed by atoms with Gasteiger partial charge in [0.25, 0.3) is 0 Å². The van der Waals surface area contributed by atoms with Crippen molar-refractivity contribution in [3.63, 3.8) is 0 Å². The molecule has 0 unspecified atom stereocenters. The average Bonchev–Trinajstić information content (AvgIpc) is 3.15. The Kier molecular flexibility index (Phi) is 9.07. The van der Waals surface area contributed by atoms with Crippen LogP contribution in [0, 0.1) is 0 Å². The zero-order valence-electron chi connectivity index (χ0n) is 15.9. The molecule has 16 heteroatoms. The van der Waals surface area contributed by atoms with Crippen molar-refractivity contribution in [2.45, 2.75) is 38.8 Å². The molecule has 14 nitrogen and oxygen atoms in total. The van der Waals surface area contributed by atoms with Crippen molar-refractivity contribution in [1.29, 1.82) is 0 Å². The van der Waals surface area contributed by atoms with E-state index in [0.717, 1.165) is 37.9 Å². The molecular weight excluding hydrogens is 420 g/mol. The second kappa shape index (κ2) is 9.66. The van der Waals surface area contributed by atoms with Gasteiger partial charge in [-0.05, 0) is 27.7 Å². The minimum Gasteiger partial charge on any atom is -0.412 e. The van der Waals surface area contributed by atoms with Crippen molar-refractivity contribution in [3.05, 3.63) is 0 Å². The lowest BCUT2D eigenvalue weighted by Gasteiger charge is -2.23. The first kappa shape index (κ1) is 26.3. The first-order valence-corrected chi connectivity index (χ1v) is 10.5. The third kappa shape index (κ3) is 9.47. The Bertz CT molecular complexity index is 764. The number of aliphatic imine (C=N–C) groups is 2.